The molecule has 2 aromatic rings. The van der Waals surface area contributed by atoms with Crippen molar-refractivity contribution in [2.45, 2.75) is 13.0 Å². The number of carbonyl (C=O) groups excluding carboxylic acids is 1. The molecule has 0 aliphatic rings. The molecule has 0 fully saturated rings. The maximum Gasteiger partial charge on any atom is 0.224 e. The minimum atomic E-state index is 0. The third-order valence-corrected chi connectivity index (χ3v) is 3.68. The third-order valence-electron chi connectivity index (χ3n) is 3.31. The Hall–Kier alpha value is -1.75. The molecule has 2 N–H and O–H groups in total. The minimum Gasteiger partial charge on any atom is -0.489 e. The van der Waals surface area contributed by atoms with Gasteiger partial charge in [0.05, 0.1) is 6.42 Å². The summed E-state index contributed by atoms with van der Waals surface area (Å²) in [6.07, 6.45) is 0.340. The summed E-state index contributed by atoms with van der Waals surface area (Å²) in [5, 5.41) is 6.53. The summed E-state index contributed by atoms with van der Waals surface area (Å²) in [6.45, 7) is 1.78. The maximum absolute atomic E-state index is 11.8. The highest BCUT2D eigenvalue weighted by atomic mass is 35.5. The van der Waals surface area contributed by atoms with Crippen molar-refractivity contribution in [1.29, 1.82) is 0 Å². The Balaban J connectivity index is 0.00000288. The quantitative estimate of drug-likeness (QED) is 0.703. The van der Waals surface area contributed by atoms with Gasteiger partial charge in [0, 0.05) is 23.7 Å². The van der Waals surface area contributed by atoms with Crippen molar-refractivity contribution in [3.63, 3.8) is 0 Å². The van der Waals surface area contributed by atoms with Gasteiger partial charge in [-0.2, -0.15) is 0 Å². The number of likely N-dealkylation sites (N-methyl/N-ethyl adjacent to an activating group) is 1. The zero-order valence-electron chi connectivity index (χ0n) is 13.5. The van der Waals surface area contributed by atoms with E-state index in [9.17, 15) is 4.79 Å². The topological polar surface area (TPSA) is 50.4 Å². The molecule has 1 amide bonds. The van der Waals surface area contributed by atoms with Gasteiger partial charge in [-0.05, 0) is 30.8 Å². The standard InChI is InChI=1S/C18H21ClN2O2.ClH/c1-20-9-10-21-18(22)12-14-5-4-7-16(11-14)23-13-15-6-2-3-8-17(15)19;/h2-8,11,20H,9-10,12-13H2,1H3,(H,21,22);1H. The Morgan fingerprint density at radius 2 is 1.92 bits per heavy atom. The van der Waals surface area contributed by atoms with Crippen LogP contribution in [0, 0.1) is 0 Å². The highest BCUT2D eigenvalue weighted by molar-refractivity contribution is 6.31. The van der Waals surface area contributed by atoms with Crippen molar-refractivity contribution < 1.29 is 9.53 Å². The Morgan fingerprint density at radius 1 is 1.12 bits per heavy atom. The Bertz CT molecular complexity index is 650. The number of nitrogens with one attached hydrogen (secondary N) is 2. The summed E-state index contributed by atoms with van der Waals surface area (Å²) in [5.74, 6) is 0.731. The first kappa shape index (κ1) is 20.3. The fraction of sp³-hybridized carbons (Fsp3) is 0.278. The highest BCUT2D eigenvalue weighted by Gasteiger charge is 2.05. The molecule has 0 aromatic heterocycles. The summed E-state index contributed by atoms with van der Waals surface area (Å²) in [7, 11) is 1.85. The fourth-order valence-corrected chi connectivity index (χ4v) is 2.29. The Kier molecular flexibility index (Phi) is 9.23. The van der Waals surface area contributed by atoms with Gasteiger partial charge in [-0.1, -0.05) is 41.9 Å². The van der Waals surface area contributed by atoms with E-state index in [2.05, 4.69) is 10.6 Å². The lowest BCUT2D eigenvalue weighted by Gasteiger charge is -2.09. The monoisotopic (exact) mass is 368 g/mol. The zero-order chi connectivity index (χ0) is 16.5. The summed E-state index contributed by atoms with van der Waals surface area (Å²) < 4.78 is 5.77. The lowest BCUT2D eigenvalue weighted by Crippen LogP contribution is -2.31. The van der Waals surface area contributed by atoms with Crippen molar-refractivity contribution >= 4 is 29.9 Å². The summed E-state index contributed by atoms with van der Waals surface area (Å²) in [6, 6.07) is 15.1. The lowest BCUT2D eigenvalue weighted by atomic mass is 10.1. The van der Waals surface area contributed by atoms with Crippen molar-refractivity contribution in [3.05, 3.63) is 64.7 Å². The number of amides is 1. The van der Waals surface area contributed by atoms with Gasteiger partial charge in [0.1, 0.15) is 12.4 Å². The molecule has 0 atom stereocenters. The Morgan fingerprint density at radius 3 is 2.67 bits per heavy atom. The number of carbonyl (C=O) groups is 1. The summed E-state index contributed by atoms with van der Waals surface area (Å²) in [4.78, 5) is 11.8. The second-order valence-corrected chi connectivity index (χ2v) is 5.56. The van der Waals surface area contributed by atoms with E-state index >= 15 is 0 Å². The lowest BCUT2D eigenvalue weighted by molar-refractivity contribution is -0.120. The number of hydrogen-bond acceptors (Lipinski definition) is 3. The van der Waals surface area contributed by atoms with Gasteiger partial charge in [0.15, 0.2) is 0 Å². The SMILES string of the molecule is CNCCNC(=O)Cc1cccc(OCc2ccccc2Cl)c1.Cl. The van der Waals surface area contributed by atoms with Crippen LogP contribution >= 0.6 is 24.0 Å². The fourth-order valence-electron chi connectivity index (χ4n) is 2.10. The van der Waals surface area contributed by atoms with E-state index in [1.54, 1.807) is 0 Å². The largest absolute Gasteiger partial charge is 0.489 e. The first-order chi connectivity index (χ1) is 11.2. The van der Waals surface area contributed by atoms with Crippen LogP contribution in [0.25, 0.3) is 0 Å². The predicted octanol–water partition coefficient (Wildman–Crippen LogP) is 3.22. The van der Waals surface area contributed by atoms with E-state index in [-0.39, 0.29) is 18.3 Å². The van der Waals surface area contributed by atoms with Crippen molar-refractivity contribution in [1.82, 2.24) is 10.6 Å². The molecular weight excluding hydrogens is 347 g/mol. The van der Waals surface area contributed by atoms with Crippen molar-refractivity contribution in [2.75, 3.05) is 20.1 Å². The summed E-state index contributed by atoms with van der Waals surface area (Å²) >= 11 is 6.11. The second kappa shape index (κ2) is 10.9. The molecule has 0 spiro atoms. The number of ether oxygens (including phenoxy) is 1. The number of benzene rings is 2. The number of hydrogen-bond donors (Lipinski definition) is 2. The van der Waals surface area contributed by atoms with E-state index in [0.717, 1.165) is 23.4 Å². The van der Waals surface area contributed by atoms with Crippen LogP contribution in [0.1, 0.15) is 11.1 Å². The first-order valence-electron chi connectivity index (χ1n) is 7.55. The van der Waals surface area contributed by atoms with Gasteiger partial charge in [-0.25, -0.2) is 0 Å². The van der Waals surface area contributed by atoms with Gasteiger partial charge in [0.2, 0.25) is 5.91 Å². The molecule has 0 aliphatic heterocycles. The predicted molar refractivity (Wildman–Crippen MR) is 100 cm³/mol. The number of rotatable bonds is 8. The number of halogens is 2. The second-order valence-electron chi connectivity index (χ2n) is 5.16. The molecule has 6 heteroatoms. The molecule has 130 valence electrons. The molecule has 0 saturated carbocycles. The molecule has 24 heavy (non-hydrogen) atoms. The average molecular weight is 369 g/mol. The van der Waals surface area contributed by atoms with Gasteiger partial charge in [0.25, 0.3) is 0 Å². The molecule has 0 unspecified atom stereocenters. The van der Waals surface area contributed by atoms with Gasteiger partial charge in [-0.3, -0.25) is 4.79 Å². The van der Waals surface area contributed by atoms with Crippen LogP contribution in [-0.2, 0) is 17.8 Å². The summed E-state index contributed by atoms with van der Waals surface area (Å²) in [5.41, 5.74) is 1.85. The zero-order valence-corrected chi connectivity index (χ0v) is 15.1. The van der Waals surface area contributed by atoms with E-state index < -0.39 is 0 Å². The van der Waals surface area contributed by atoms with Gasteiger partial charge >= 0.3 is 0 Å². The van der Waals surface area contributed by atoms with Crippen LogP contribution in [0.5, 0.6) is 5.75 Å². The first-order valence-corrected chi connectivity index (χ1v) is 7.93. The van der Waals surface area contributed by atoms with Gasteiger partial charge < -0.3 is 15.4 Å². The molecule has 4 nitrogen and oxygen atoms in total. The van der Waals surface area contributed by atoms with E-state index in [4.69, 9.17) is 16.3 Å². The maximum atomic E-state index is 11.8. The molecule has 2 rings (SSSR count). The van der Waals surface area contributed by atoms with E-state index in [0.29, 0.717) is 24.6 Å². The molecule has 2 aromatic carbocycles. The Labute approximate surface area is 154 Å². The normalized spacial score (nSPS) is 9.92. The van der Waals surface area contributed by atoms with E-state index in [1.807, 2.05) is 55.6 Å². The third kappa shape index (κ3) is 6.79. The van der Waals surface area contributed by atoms with Crippen LogP contribution in [0.4, 0.5) is 0 Å². The molecule has 0 saturated heterocycles. The smallest absolute Gasteiger partial charge is 0.224 e. The molecular formula is C18H22Cl2N2O2. The van der Waals surface area contributed by atoms with Crippen LogP contribution < -0.4 is 15.4 Å². The van der Waals surface area contributed by atoms with Crippen LogP contribution in [-0.4, -0.2) is 26.0 Å². The van der Waals surface area contributed by atoms with Crippen molar-refractivity contribution in [2.24, 2.45) is 0 Å². The van der Waals surface area contributed by atoms with Gasteiger partial charge in [-0.15, -0.1) is 12.4 Å². The van der Waals surface area contributed by atoms with Crippen LogP contribution in [0.15, 0.2) is 48.5 Å². The van der Waals surface area contributed by atoms with E-state index in [1.165, 1.54) is 0 Å². The van der Waals surface area contributed by atoms with Crippen LogP contribution in [0.3, 0.4) is 0 Å². The highest BCUT2D eigenvalue weighted by Crippen LogP contribution is 2.19. The molecule has 0 heterocycles. The molecule has 0 bridgehead atoms. The molecule has 0 aliphatic carbocycles. The van der Waals surface area contributed by atoms with Crippen molar-refractivity contribution in [3.8, 4) is 5.75 Å². The molecule has 0 radical (unpaired) electrons. The van der Waals surface area contributed by atoms with Crippen LogP contribution in [0.2, 0.25) is 5.02 Å². The minimum absolute atomic E-state index is 0. The average Bonchev–Trinajstić information content (AvgIpc) is 2.55.